The second-order valence-electron chi connectivity index (χ2n) is 4.66. The summed E-state index contributed by atoms with van der Waals surface area (Å²) in [6, 6.07) is 10.5. The van der Waals surface area contributed by atoms with Gasteiger partial charge in [0.2, 0.25) is 5.95 Å². The van der Waals surface area contributed by atoms with E-state index in [2.05, 4.69) is 15.4 Å². The summed E-state index contributed by atoms with van der Waals surface area (Å²) in [5.41, 5.74) is 7.67. The summed E-state index contributed by atoms with van der Waals surface area (Å²) in [4.78, 5) is 16.4. The molecule has 0 aliphatic heterocycles. The Morgan fingerprint density at radius 3 is 2.73 bits per heavy atom. The summed E-state index contributed by atoms with van der Waals surface area (Å²) in [6.07, 6.45) is 1.78. The summed E-state index contributed by atoms with van der Waals surface area (Å²) in [5.74, 6) is 0.657. The molecule has 0 saturated carbocycles. The van der Waals surface area contributed by atoms with E-state index < -0.39 is 0 Å². The van der Waals surface area contributed by atoms with Crippen LogP contribution in [-0.2, 0) is 6.54 Å². The van der Waals surface area contributed by atoms with E-state index in [0.717, 1.165) is 5.56 Å². The van der Waals surface area contributed by atoms with Gasteiger partial charge in [-0.05, 0) is 35.9 Å². The highest BCUT2D eigenvalue weighted by Crippen LogP contribution is 2.13. The number of hydrogen-bond donors (Lipinski definition) is 2. The molecule has 0 spiro atoms. The minimum Gasteiger partial charge on any atom is -0.497 e. The number of ether oxygens (including phenoxy) is 1. The van der Waals surface area contributed by atoms with Crippen molar-refractivity contribution in [3.63, 3.8) is 0 Å². The lowest BCUT2D eigenvalue weighted by molar-refractivity contribution is 0.102. The van der Waals surface area contributed by atoms with Crippen LogP contribution in [0, 0.1) is 0 Å². The molecular formula is C15H15N5O2. The number of amides is 1. The predicted molar refractivity (Wildman–Crippen MR) is 81.8 cm³/mol. The zero-order chi connectivity index (χ0) is 15.5. The van der Waals surface area contributed by atoms with Crippen molar-refractivity contribution in [2.45, 2.75) is 6.54 Å². The van der Waals surface area contributed by atoms with Crippen molar-refractivity contribution in [2.24, 2.45) is 5.73 Å². The first kappa shape index (κ1) is 14.0. The topological polar surface area (TPSA) is 94.5 Å². The van der Waals surface area contributed by atoms with Crippen molar-refractivity contribution in [2.75, 3.05) is 12.4 Å². The van der Waals surface area contributed by atoms with Gasteiger partial charge in [0.1, 0.15) is 5.75 Å². The molecule has 0 radical (unpaired) electrons. The van der Waals surface area contributed by atoms with Gasteiger partial charge in [-0.25, -0.2) is 4.52 Å². The first-order valence-corrected chi connectivity index (χ1v) is 6.70. The third-order valence-corrected chi connectivity index (χ3v) is 3.21. The Hall–Kier alpha value is -2.93. The molecule has 7 heteroatoms. The number of nitrogens with two attached hydrogens (primary N) is 1. The number of nitrogens with one attached hydrogen (secondary N) is 1. The van der Waals surface area contributed by atoms with Crippen LogP contribution >= 0.6 is 0 Å². The van der Waals surface area contributed by atoms with E-state index in [0.29, 0.717) is 23.5 Å². The van der Waals surface area contributed by atoms with Gasteiger partial charge in [0.05, 0.1) is 7.11 Å². The molecule has 22 heavy (non-hydrogen) atoms. The zero-order valence-corrected chi connectivity index (χ0v) is 12.0. The SMILES string of the molecule is COc1ccc(C(=O)Nc2nc3ccc(CN)cn3n2)cc1. The first-order chi connectivity index (χ1) is 10.7. The number of benzene rings is 1. The highest BCUT2D eigenvalue weighted by molar-refractivity contribution is 6.03. The van der Waals surface area contributed by atoms with Crippen LogP contribution < -0.4 is 15.8 Å². The fourth-order valence-corrected chi connectivity index (χ4v) is 2.02. The Kier molecular flexibility index (Phi) is 3.71. The minimum atomic E-state index is -0.280. The molecule has 7 nitrogen and oxygen atoms in total. The Balaban J connectivity index is 1.80. The quantitative estimate of drug-likeness (QED) is 0.760. The van der Waals surface area contributed by atoms with Gasteiger partial charge in [0.15, 0.2) is 5.65 Å². The third kappa shape index (κ3) is 2.75. The number of pyridine rings is 1. The van der Waals surface area contributed by atoms with Crippen LogP contribution in [0.25, 0.3) is 5.65 Å². The van der Waals surface area contributed by atoms with Gasteiger partial charge >= 0.3 is 0 Å². The van der Waals surface area contributed by atoms with Crippen molar-refractivity contribution in [3.05, 3.63) is 53.7 Å². The number of fused-ring (bicyclic) bond motifs is 1. The van der Waals surface area contributed by atoms with Crippen molar-refractivity contribution < 1.29 is 9.53 Å². The number of anilines is 1. The Labute approximate surface area is 126 Å². The molecule has 0 fully saturated rings. The van der Waals surface area contributed by atoms with Gasteiger partial charge in [0.25, 0.3) is 5.91 Å². The second-order valence-corrected chi connectivity index (χ2v) is 4.66. The number of carbonyl (C=O) groups excluding carboxylic acids is 1. The minimum absolute atomic E-state index is 0.245. The maximum atomic E-state index is 12.2. The lowest BCUT2D eigenvalue weighted by atomic mass is 10.2. The summed E-state index contributed by atoms with van der Waals surface area (Å²) >= 11 is 0. The van der Waals surface area contributed by atoms with Gasteiger partial charge in [-0.3, -0.25) is 10.1 Å². The van der Waals surface area contributed by atoms with Crippen LogP contribution in [-0.4, -0.2) is 27.6 Å². The molecule has 0 aliphatic rings. The van der Waals surface area contributed by atoms with Crippen LogP contribution in [0.1, 0.15) is 15.9 Å². The number of carbonyl (C=O) groups is 1. The average molecular weight is 297 g/mol. The Bertz CT molecular complexity index is 810. The van der Waals surface area contributed by atoms with Crippen LogP contribution in [0.15, 0.2) is 42.6 Å². The predicted octanol–water partition coefficient (Wildman–Crippen LogP) is 1.45. The van der Waals surface area contributed by atoms with E-state index in [9.17, 15) is 4.79 Å². The molecule has 0 aliphatic carbocycles. The van der Waals surface area contributed by atoms with Crippen LogP contribution in [0.3, 0.4) is 0 Å². The Morgan fingerprint density at radius 1 is 1.27 bits per heavy atom. The maximum Gasteiger partial charge on any atom is 0.258 e. The highest BCUT2D eigenvalue weighted by atomic mass is 16.5. The normalized spacial score (nSPS) is 10.6. The first-order valence-electron chi connectivity index (χ1n) is 6.70. The second kappa shape index (κ2) is 5.82. The molecule has 3 rings (SSSR count). The summed E-state index contributed by atoms with van der Waals surface area (Å²) in [6.45, 7) is 0.420. The molecule has 112 valence electrons. The number of aromatic nitrogens is 3. The summed E-state index contributed by atoms with van der Waals surface area (Å²) in [5, 5.41) is 6.88. The largest absolute Gasteiger partial charge is 0.497 e. The molecule has 3 N–H and O–H groups in total. The molecular weight excluding hydrogens is 282 g/mol. The van der Waals surface area contributed by atoms with Gasteiger partial charge in [-0.2, -0.15) is 4.98 Å². The lowest BCUT2D eigenvalue weighted by Crippen LogP contribution is -2.13. The third-order valence-electron chi connectivity index (χ3n) is 3.21. The number of methoxy groups -OCH3 is 1. The van der Waals surface area contributed by atoms with Gasteiger partial charge in [-0.15, -0.1) is 5.10 Å². The van der Waals surface area contributed by atoms with Crippen LogP contribution in [0.5, 0.6) is 5.75 Å². The van der Waals surface area contributed by atoms with Gasteiger partial charge in [-0.1, -0.05) is 6.07 Å². The van der Waals surface area contributed by atoms with E-state index >= 15 is 0 Å². The summed E-state index contributed by atoms with van der Waals surface area (Å²) < 4.78 is 6.65. The van der Waals surface area contributed by atoms with Crippen molar-refractivity contribution in [1.82, 2.24) is 14.6 Å². The lowest BCUT2D eigenvalue weighted by Gasteiger charge is -2.02. The van der Waals surface area contributed by atoms with Gasteiger partial charge < -0.3 is 10.5 Å². The standard InChI is InChI=1S/C15H15N5O2/c1-22-12-5-3-11(4-6-12)14(21)18-15-17-13-7-2-10(8-16)9-20(13)19-15/h2-7,9H,8,16H2,1H3,(H,18,19,21). The molecule has 0 bridgehead atoms. The van der Waals surface area contributed by atoms with Crippen LogP contribution in [0.4, 0.5) is 5.95 Å². The van der Waals surface area contributed by atoms with E-state index in [4.69, 9.17) is 10.5 Å². The molecule has 2 heterocycles. The van der Waals surface area contributed by atoms with Crippen LogP contribution in [0.2, 0.25) is 0 Å². The monoisotopic (exact) mass is 297 g/mol. The fourth-order valence-electron chi connectivity index (χ4n) is 2.02. The number of hydrogen-bond acceptors (Lipinski definition) is 5. The molecule has 3 aromatic rings. The summed E-state index contributed by atoms with van der Waals surface area (Å²) in [7, 11) is 1.57. The number of rotatable bonds is 4. The number of nitrogens with zero attached hydrogens (tertiary/aromatic N) is 3. The highest BCUT2D eigenvalue weighted by Gasteiger charge is 2.10. The van der Waals surface area contributed by atoms with E-state index in [-0.39, 0.29) is 11.9 Å². The van der Waals surface area contributed by atoms with Crippen molar-refractivity contribution in [3.8, 4) is 5.75 Å². The van der Waals surface area contributed by atoms with E-state index in [1.54, 1.807) is 48.2 Å². The molecule has 2 aromatic heterocycles. The smallest absolute Gasteiger partial charge is 0.258 e. The molecule has 1 aromatic carbocycles. The molecule has 0 saturated heterocycles. The molecule has 0 unspecified atom stereocenters. The zero-order valence-electron chi connectivity index (χ0n) is 12.0. The Morgan fingerprint density at radius 2 is 2.05 bits per heavy atom. The average Bonchev–Trinajstić information content (AvgIpc) is 2.95. The van der Waals surface area contributed by atoms with E-state index in [1.807, 2.05) is 6.07 Å². The molecule has 0 atom stereocenters. The fraction of sp³-hybridized carbons (Fsp3) is 0.133. The maximum absolute atomic E-state index is 12.2. The van der Waals surface area contributed by atoms with Crippen molar-refractivity contribution >= 4 is 17.5 Å². The van der Waals surface area contributed by atoms with Crippen molar-refractivity contribution in [1.29, 1.82) is 0 Å². The van der Waals surface area contributed by atoms with E-state index in [1.165, 1.54) is 0 Å². The van der Waals surface area contributed by atoms with Gasteiger partial charge in [0, 0.05) is 18.3 Å². The molecule has 1 amide bonds.